The van der Waals surface area contributed by atoms with E-state index in [-0.39, 0.29) is 5.91 Å². The first-order chi connectivity index (χ1) is 11.1. The Morgan fingerprint density at radius 1 is 1.26 bits per heavy atom. The maximum atomic E-state index is 12.1. The van der Waals surface area contributed by atoms with Crippen molar-refractivity contribution in [1.29, 1.82) is 0 Å². The van der Waals surface area contributed by atoms with Crippen LogP contribution in [0, 0.1) is 6.92 Å². The van der Waals surface area contributed by atoms with Crippen LogP contribution < -0.4 is 5.32 Å². The van der Waals surface area contributed by atoms with Crippen LogP contribution in [0.15, 0.2) is 35.9 Å². The molecule has 0 spiro atoms. The number of esters is 1. The van der Waals surface area contributed by atoms with E-state index in [1.165, 1.54) is 18.4 Å². The van der Waals surface area contributed by atoms with Gasteiger partial charge in [0.05, 0.1) is 5.56 Å². The van der Waals surface area contributed by atoms with Crippen molar-refractivity contribution in [2.75, 3.05) is 6.54 Å². The van der Waals surface area contributed by atoms with E-state index in [2.05, 4.69) is 11.4 Å². The first kappa shape index (κ1) is 17.3. The van der Waals surface area contributed by atoms with Crippen LogP contribution in [0.3, 0.4) is 0 Å². The Hall–Kier alpha value is -2.10. The van der Waals surface area contributed by atoms with Crippen molar-refractivity contribution in [3.63, 3.8) is 0 Å². The molecule has 0 aromatic heterocycles. The van der Waals surface area contributed by atoms with E-state index in [0.717, 1.165) is 24.8 Å². The third-order valence-electron chi connectivity index (χ3n) is 4.15. The highest BCUT2D eigenvalue weighted by molar-refractivity contribution is 5.93. The van der Waals surface area contributed by atoms with Crippen LogP contribution in [0.25, 0.3) is 0 Å². The standard InChI is InChI=1S/C19H25NO3/c1-14-8-6-7-11-17(14)19(22)23-15(2)18(21)20-13-12-16-9-4-3-5-10-16/h6-9,11,15H,3-5,10,12-13H2,1-2H3,(H,20,21)/t15-/m1/s1. The van der Waals surface area contributed by atoms with Gasteiger partial charge in [-0.3, -0.25) is 4.79 Å². The average molecular weight is 315 g/mol. The van der Waals surface area contributed by atoms with Crippen LogP contribution in [-0.4, -0.2) is 24.5 Å². The van der Waals surface area contributed by atoms with Gasteiger partial charge in [0, 0.05) is 6.54 Å². The maximum absolute atomic E-state index is 12.1. The number of hydrogen-bond acceptors (Lipinski definition) is 3. The summed E-state index contributed by atoms with van der Waals surface area (Å²) >= 11 is 0. The number of rotatable bonds is 6. The van der Waals surface area contributed by atoms with E-state index in [1.54, 1.807) is 19.1 Å². The summed E-state index contributed by atoms with van der Waals surface area (Å²) in [5.74, 6) is -0.705. The fourth-order valence-electron chi connectivity index (χ4n) is 2.70. The molecule has 0 fully saturated rings. The summed E-state index contributed by atoms with van der Waals surface area (Å²) in [5, 5.41) is 2.84. The summed E-state index contributed by atoms with van der Waals surface area (Å²) in [6.45, 7) is 4.04. The summed E-state index contributed by atoms with van der Waals surface area (Å²) < 4.78 is 5.26. The number of hydrogen-bond donors (Lipinski definition) is 1. The van der Waals surface area contributed by atoms with Gasteiger partial charge >= 0.3 is 5.97 Å². The summed E-state index contributed by atoms with van der Waals surface area (Å²) in [6, 6.07) is 7.20. The number of carbonyl (C=O) groups excluding carboxylic acids is 2. The van der Waals surface area contributed by atoms with E-state index in [1.807, 2.05) is 19.1 Å². The highest BCUT2D eigenvalue weighted by Gasteiger charge is 2.19. The molecule has 23 heavy (non-hydrogen) atoms. The molecule has 1 aromatic carbocycles. The normalized spacial score (nSPS) is 15.5. The number of amides is 1. The van der Waals surface area contributed by atoms with E-state index in [4.69, 9.17) is 4.74 Å². The topological polar surface area (TPSA) is 55.4 Å². The Balaban J connectivity index is 1.77. The van der Waals surface area contributed by atoms with Crippen LogP contribution in [-0.2, 0) is 9.53 Å². The van der Waals surface area contributed by atoms with Gasteiger partial charge in [0.15, 0.2) is 6.10 Å². The molecule has 2 rings (SSSR count). The number of aryl methyl sites for hydroxylation is 1. The molecule has 0 aliphatic heterocycles. The van der Waals surface area contributed by atoms with Gasteiger partial charge in [-0.1, -0.05) is 29.8 Å². The zero-order valence-corrected chi connectivity index (χ0v) is 13.9. The molecule has 1 aliphatic carbocycles. The second-order valence-electron chi connectivity index (χ2n) is 6.01. The first-order valence-electron chi connectivity index (χ1n) is 8.30. The highest BCUT2D eigenvalue weighted by Crippen LogP contribution is 2.19. The van der Waals surface area contributed by atoms with Gasteiger partial charge < -0.3 is 10.1 Å². The number of carbonyl (C=O) groups is 2. The fourth-order valence-corrected chi connectivity index (χ4v) is 2.70. The Labute approximate surface area is 137 Å². The molecular formula is C19H25NO3. The minimum atomic E-state index is -0.789. The molecule has 0 saturated heterocycles. The summed E-state index contributed by atoms with van der Waals surface area (Å²) in [4.78, 5) is 24.1. The van der Waals surface area contributed by atoms with Gasteiger partial charge in [0.2, 0.25) is 0 Å². The Bertz CT molecular complexity index is 592. The molecule has 124 valence electrons. The fraction of sp³-hybridized carbons (Fsp3) is 0.474. The smallest absolute Gasteiger partial charge is 0.339 e. The van der Waals surface area contributed by atoms with Crippen LogP contribution >= 0.6 is 0 Å². The Morgan fingerprint density at radius 2 is 2.04 bits per heavy atom. The second kappa shape index (κ2) is 8.51. The van der Waals surface area contributed by atoms with Crippen molar-refractivity contribution in [3.8, 4) is 0 Å². The molecule has 0 unspecified atom stereocenters. The van der Waals surface area contributed by atoms with Gasteiger partial charge in [-0.05, 0) is 57.6 Å². The lowest BCUT2D eigenvalue weighted by molar-refractivity contribution is -0.129. The summed E-state index contributed by atoms with van der Waals surface area (Å²) in [7, 11) is 0. The molecule has 0 saturated carbocycles. The van der Waals surface area contributed by atoms with E-state index in [9.17, 15) is 9.59 Å². The molecule has 0 bridgehead atoms. The van der Waals surface area contributed by atoms with E-state index in [0.29, 0.717) is 12.1 Å². The highest BCUT2D eigenvalue weighted by atomic mass is 16.5. The van der Waals surface area contributed by atoms with Crippen LogP contribution in [0.1, 0.15) is 54.9 Å². The quantitative estimate of drug-likeness (QED) is 0.645. The van der Waals surface area contributed by atoms with Crippen LogP contribution in [0.2, 0.25) is 0 Å². The SMILES string of the molecule is Cc1ccccc1C(=O)O[C@H](C)C(=O)NCCC1=CCCCC1. The number of allylic oxidation sites excluding steroid dienone is 1. The lowest BCUT2D eigenvalue weighted by Gasteiger charge is -2.16. The Morgan fingerprint density at radius 3 is 2.74 bits per heavy atom. The molecule has 0 heterocycles. The molecule has 1 aromatic rings. The monoisotopic (exact) mass is 315 g/mol. The van der Waals surface area contributed by atoms with E-state index < -0.39 is 12.1 Å². The predicted molar refractivity (Wildman–Crippen MR) is 90.2 cm³/mol. The zero-order valence-electron chi connectivity index (χ0n) is 13.9. The van der Waals surface area contributed by atoms with Crippen molar-refractivity contribution in [2.24, 2.45) is 0 Å². The van der Waals surface area contributed by atoms with E-state index >= 15 is 0 Å². The molecule has 4 heteroatoms. The minimum Gasteiger partial charge on any atom is -0.449 e. The zero-order chi connectivity index (χ0) is 16.7. The molecular weight excluding hydrogens is 290 g/mol. The largest absolute Gasteiger partial charge is 0.449 e. The molecule has 0 radical (unpaired) electrons. The van der Waals surface area contributed by atoms with Crippen LogP contribution in [0.4, 0.5) is 0 Å². The van der Waals surface area contributed by atoms with Crippen molar-refractivity contribution in [3.05, 3.63) is 47.0 Å². The first-order valence-corrected chi connectivity index (χ1v) is 8.30. The second-order valence-corrected chi connectivity index (χ2v) is 6.01. The minimum absolute atomic E-state index is 0.247. The average Bonchev–Trinajstić information content (AvgIpc) is 2.56. The van der Waals surface area contributed by atoms with Crippen molar-refractivity contribution < 1.29 is 14.3 Å². The molecule has 4 nitrogen and oxygen atoms in total. The molecule has 1 N–H and O–H groups in total. The number of nitrogens with one attached hydrogen (secondary N) is 1. The van der Waals surface area contributed by atoms with Gasteiger partial charge in [-0.15, -0.1) is 0 Å². The van der Waals surface area contributed by atoms with Crippen LogP contribution in [0.5, 0.6) is 0 Å². The molecule has 1 aliphatic rings. The predicted octanol–water partition coefficient (Wildman–Crippen LogP) is 3.55. The lowest BCUT2D eigenvalue weighted by atomic mass is 9.97. The lowest BCUT2D eigenvalue weighted by Crippen LogP contribution is -2.36. The van der Waals surface area contributed by atoms with Crippen molar-refractivity contribution in [1.82, 2.24) is 5.32 Å². The third kappa shape index (κ3) is 5.23. The number of benzene rings is 1. The molecule has 1 amide bonds. The van der Waals surface area contributed by atoms with Gasteiger partial charge in [0.1, 0.15) is 0 Å². The third-order valence-corrected chi connectivity index (χ3v) is 4.15. The van der Waals surface area contributed by atoms with Crippen molar-refractivity contribution >= 4 is 11.9 Å². The maximum Gasteiger partial charge on any atom is 0.339 e. The van der Waals surface area contributed by atoms with Gasteiger partial charge in [-0.25, -0.2) is 4.79 Å². The van der Waals surface area contributed by atoms with Gasteiger partial charge in [-0.2, -0.15) is 0 Å². The van der Waals surface area contributed by atoms with Gasteiger partial charge in [0.25, 0.3) is 5.91 Å². The summed E-state index contributed by atoms with van der Waals surface area (Å²) in [6.07, 6.45) is 7.15. The van der Waals surface area contributed by atoms with Crippen molar-refractivity contribution in [2.45, 2.75) is 52.1 Å². The molecule has 1 atom stereocenters. The number of ether oxygens (including phenoxy) is 1. The summed E-state index contributed by atoms with van der Waals surface area (Å²) in [5.41, 5.74) is 2.76. The Kier molecular flexibility index (Phi) is 6.39.